The van der Waals surface area contributed by atoms with Gasteiger partial charge in [0.15, 0.2) is 0 Å². The number of carbonyl (C=O) groups is 1. The molecule has 1 amide bonds. The second kappa shape index (κ2) is 8.69. The van der Waals surface area contributed by atoms with E-state index in [9.17, 15) is 9.18 Å². The first-order valence-corrected chi connectivity index (χ1v) is 9.10. The molecule has 0 radical (unpaired) electrons. The van der Waals surface area contributed by atoms with Gasteiger partial charge in [-0.25, -0.2) is 4.39 Å². The molecule has 1 aromatic heterocycles. The van der Waals surface area contributed by atoms with Gasteiger partial charge in [0.2, 0.25) is 5.91 Å². The molecule has 2 aromatic carbocycles. The molecule has 1 heterocycles. The molecule has 0 saturated carbocycles. The fourth-order valence-corrected chi connectivity index (χ4v) is 2.88. The van der Waals surface area contributed by atoms with Gasteiger partial charge in [-0.15, -0.1) is 0 Å². The number of carbonyl (C=O) groups excluding carboxylic acids is 1. The lowest BCUT2D eigenvalue weighted by molar-refractivity contribution is -0.121. The number of hydrogen-bond acceptors (Lipinski definition) is 4. The van der Waals surface area contributed by atoms with Crippen LogP contribution in [0.2, 0.25) is 0 Å². The Kier molecular flexibility index (Phi) is 6.09. The van der Waals surface area contributed by atoms with Gasteiger partial charge in [-0.2, -0.15) is 0 Å². The third-order valence-electron chi connectivity index (χ3n) is 4.60. The zero-order chi connectivity index (χ0) is 20.1. The van der Waals surface area contributed by atoms with Crippen molar-refractivity contribution >= 4 is 5.91 Å². The van der Waals surface area contributed by atoms with Gasteiger partial charge in [-0.05, 0) is 56.2 Å². The molecular weight excluding hydrogens is 359 g/mol. The van der Waals surface area contributed by atoms with E-state index in [1.54, 1.807) is 12.1 Å². The molecule has 1 atom stereocenters. The van der Waals surface area contributed by atoms with Crippen molar-refractivity contribution in [2.75, 3.05) is 0 Å². The summed E-state index contributed by atoms with van der Waals surface area (Å²) in [6.07, 6.45) is 0.260. The second-order valence-corrected chi connectivity index (χ2v) is 6.75. The minimum atomic E-state index is -0.293. The van der Waals surface area contributed by atoms with Crippen LogP contribution in [0.4, 0.5) is 4.39 Å². The van der Waals surface area contributed by atoms with Crippen molar-refractivity contribution in [2.24, 2.45) is 0 Å². The molecule has 1 N–H and O–H groups in total. The lowest BCUT2D eigenvalue weighted by Gasteiger charge is -2.14. The Morgan fingerprint density at radius 1 is 1.14 bits per heavy atom. The number of halogens is 1. The van der Waals surface area contributed by atoms with Gasteiger partial charge in [0.25, 0.3) is 0 Å². The van der Waals surface area contributed by atoms with Gasteiger partial charge >= 0.3 is 0 Å². The highest BCUT2D eigenvalue weighted by Gasteiger charge is 2.12. The normalized spacial score (nSPS) is 11.9. The number of nitrogens with one attached hydrogen (secondary N) is 1. The van der Waals surface area contributed by atoms with Gasteiger partial charge in [0.05, 0.1) is 23.7 Å². The molecule has 3 aromatic rings. The molecule has 28 heavy (non-hydrogen) atoms. The summed E-state index contributed by atoms with van der Waals surface area (Å²) in [7, 11) is 0. The molecule has 146 valence electrons. The van der Waals surface area contributed by atoms with Gasteiger partial charge < -0.3 is 14.6 Å². The Bertz CT molecular complexity index is 914. The van der Waals surface area contributed by atoms with Gasteiger partial charge in [-0.3, -0.25) is 4.79 Å². The SMILES string of the molecule is Cc1noc(C)c1COc1ccc(CC(=O)NC(C)c2ccc(F)cc2)cc1. The van der Waals surface area contributed by atoms with Crippen LogP contribution < -0.4 is 10.1 Å². The van der Waals surface area contributed by atoms with Crippen LogP contribution in [0.5, 0.6) is 5.75 Å². The molecule has 0 aliphatic rings. The van der Waals surface area contributed by atoms with Crippen molar-refractivity contribution < 1.29 is 18.4 Å². The van der Waals surface area contributed by atoms with E-state index in [0.717, 1.165) is 28.1 Å². The zero-order valence-electron chi connectivity index (χ0n) is 16.2. The molecule has 3 rings (SSSR count). The summed E-state index contributed by atoms with van der Waals surface area (Å²) < 4.78 is 23.9. The standard InChI is InChI=1S/C22H23FN2O3/c1-14(18-6-8-19(23)9-7-18)24-22(26)12-17-4-10-20(11-5-17)27-13-21-15(2)25-28-16(21)3/h4-11,14H,12-13H2,1-3H3,(H,24,26). The number of rotatable bonds is 7. The van der Waals surface area contributed by atoms with E-state index in [1.807, 2.05) is 45.0 Å². The van der Waals surface area contributed by atoms with Crippen LogP contribution in [-0.4, -0.2) is 11.1 Å². The van der Waals surface area contributed by atoms with Crippen LogP contribution >= 0.6 is 0 Å². The highest BCUT2D eigenvalue weighted by atomic mass is 19.1. The molecule has 6 heteroatoms. The Morgan fingerprint density at radius 2 is 1.82 bits per heavy atom. The van der Waals surface area contributed by atoms with Crippen molar-refractivity contribution in [1.29, 1.82) is 0 Å². The van der Waals surface area contributed by atoms with Crippen LogP contribution in [-0.2, 0) is 17.8 Å². The first-order valence-electron chi connectivity index (χ1n) is 9.10. The number of benzene rings is 2. The number of aromatic nitrogens is 1. The molecule has 0 bridgehead atoms. The summed E-state index contributed by atoms with van der Waals surface area (Å²) in [4.78, 5) is 12.3. The maximum Gasteiger partial charge on any atom is 0.224 e. The average molecular weight is 382 g/mol. The quantitative estimate of drug-likeness (QED) is 0.657. The lowest BCUT2D eigenvalue weighted by atomic mass is 10.1. The third kappa shape index (κ3) is 4.97. The highest BCUT2D eigenvalue weighted by molar-refractivity contribution is 5.79. The molecule has 1 unspecified atom stereocenters. The summed E-state index contributed by atoms with van der Waals surface area (Å²) in [5.74, 6) is 1.07. The largest absolute Gasteiger partial charge is 0.489 e. The fraction of sp³-hybridized carbons (Fsp3) is 0.273. The zero-order valence-corrected chi connectivity index (χ0v) is 16.2. The van der Waals surface area contributed by atoms with Crippen molar-refractivity contribution in [3.63, 3.8) is 0 Å². The fourth-order valence-electron chi connectivity index (χ4n) is 2.88. The van der Waals surface area contributed by atoms with Crippen molar-refractivity contribution in [3.8, 4) is 5.75 Å². The number of aryl methyl sites for hydroxylation is 2. The van der Waals surface area contributed by atoms with Crippen LogP contribution in [0.1, 0.15) is 41.1 Å². The first-order chi connectivity index (χ1) is 13.4. The molecule has 0 aliphatic carbocycles. The van der Waals surface area contributed by atoms with Gasteiger partial charge in [-0.1, -0.05) is 29.4 Å². The van der Waals surface area contributed by atoms with Crippen LogP contribution in [0, 0.1) is 19.7 Å². The predicted molar refractivity (Wildman–Crippen MR) is 103 cm³/mol. The highest BCUT2D eigenvalue weighted by Crippen LogP contribution is 2.18. The minimum absolute atomic E-state index is 0.0961. The lowest BCUT2D eigenvalue weighted by Crippen LogP contribution is -2.28. The maximum absolute atomic E-state index is 13.0. The third-order valence-corrected chi connectivity index (χ3v) is 4.60. The van der Waals surface area contributed by atoms with E-state index >= 15 is 0 Å². The Balaban J connectivity index is 1.52. The number of amides is 1. The van der Waals surface area contributed by atoms with E-state index in [1.165, 1.54) is 12.1 Å². The first kappa shape index (κ1) is 19.6. The summed E-state index contributed by atoms with van der Waals surface area (Å²) >= 11 is 0. The summed E-state index contributed by atoms with van der Waals surface area (Å²) in [5.41, 5.74) is 3.51. The van der Waals surface area contributed by atoms with Crippen molar-refractivity contribution in [1.82, 2.24) is 10.5 Å². The minimum Gasteiger partial charge on any atom is -0.489 e. The predicted octanol–water partition coefficient (Wildman–Crippen LogP) is 4.43. The maximum atomic E-state index is 13.0. The average Bonchev–Trinajstić information content (AvgIpc) is 2.99. The van der Waals surface area contributed by atoms with Crippen LogP contribution in [0.3, 0.4) is 0 Å². The molecule has 0 aliphatic heterocycles. The molecule has 0 saturated heterocycles. The number of ether oxygens (including phenoxy) is 1. The summed E-state index contributed by atoms with van der Waals surface area (Å²) in [6.45, 7) is 5.99. The monoisotopic (exact) mass is 382 g/mol. The topological polar surface area (TPSA) is 64.4 Å². The van der Waals surface area contributed by atoms with Crippen LogP contribution in [0.15, 0.2) is 53.1 Å². The van der Waals surface area contributed by atoms with E-state index in [-0.39, 0.29) is 24.2 Å². The number of nitrogens with zero attached hydrogens (tertiary/aromatic N) is 1. The summed E-state index contributed by atoms with van der Waals surface area (Å²) in [6, 6.07) is 13.3. The van der Waals surface area contributed by atoms with Crippen molar-refractivity contribution in [3.05, 3.63) is 82.5 Å². The Morgan fingerprint density at radius 3 is 2.43 bits per heavy atom. The Labute approximate surface area is 163 Å². The molecule has 5 nitrogen and oxygen atoms in total. The number of hydrogen-bond donors (Lipinski definition) is 1. The Hall–Kier alpha value is -3.15. The molecule has 0 spiro atoms. The van der Waals surface area contributed by atoms with E-state index in [4.69, 9.17) is 9.26 Å². The van der Waals surface area contributed by atoms with Crippen molar-refractivity contribution in [2.45, 2.75) is 39.8 Å². The molecule has 0 fully saturated rings. The van der Waals surface area contributed by atoms with E-state index in [2.05, 4.69) is 10.5 Å². The second-order valence-electron chi connectivity index (χ2n) is 6.75. The van der Waals surface area contributed by atoms with E-state index < -0.39 is 0 Å². The van der Waals surface area contributed by atoms with Crippen LogP contribution in [0.25, 0.3) is 0 Å². The summed E-state index contributed by atoms with van der Waals surface area (Å²) in [5, 5.41) is 6.83. The molecular formula is C22H23FN2O3. The smallest absolute Gasteiger partial charge is 0.224 e. The van der Waals surface area contributed by atoms with Gasteiger partial charge in [0, 0.05) is 0 Å². The van der Waals surface area contributed by atoms with Gasteiger partial charge in [0.1, 0.15) is 23.9 Å². The van der Waals surface area contributed by atoms with E-state index in [0.29, 0.717) is 12.4 Å².